The summed E-state index contributed by atoms with van der Waals surface area (Å²) < 4.78 is 41.6. The first-order chi connectivity index (χ1) is 13.8. The van der Waals surface area contributed by atoms with Gasteiger partial charge in [-0.15, -0.1) is 11.3 Å². The third kappa shape index (κ3) is 3.72. The van der Waals surface area contributed by atoms with E-state index in [2.05, 4.69) is 0 Å². The van der Waals surface area contributed by atoms with Gasteiger partial charge in [-0.25, -0.2) is 12.8 Å². The van der Waals surface area contributed by atoms with E-state index in [0.717, 1.165) is 9.75 Å². The Balaban J connectivity index is 1.43. The number of thiophene rings is 1. The predicted octanol–water partition coefficient (Wildman–Crippen LogP) is 2.62. The van der Waals surface area contributed by atoms with Crippen LogP contribution in [0.25, 0.3) is 0 Å². The van der Waals surface area contributed by atoms with Crippen LogP contribution in [0.4, 0.5) is 10.1 Å². The molecule has 2 saturated heterocycles. The number of carbonyl (C=O) groups is 1. The van der Waals surface area contributed by atoms with Gasteiger partial charge in [0.1, 0.15) is 5.82 Å². The topological polar surface area (TPSA) is 60.9 Å². The molecule has 1 amide bonds. The lowest BCUT2D eigenvalue weighted by molar-refractivity contribution is -0.122. The summed E-state index contributed by atoms with van der Waals surface area (Å²) in [6.07, 6.45) is 0.614. The number of benzene rings is 1. The van der Waals surface area contributed by atoms with Gasteiger partial charge in [0, 0.05) is 42.5 Å². The molecule has 1 unspecified atom stereocenters. The van der Waals surface area contributed by atoms with E-state index in [9.17, 15) is 17.6 Å². The number of para-hydroxylation sites is 1. The number of hydrogen-bond donors (Lipinski definition) is 0. The molecule has 2 fully saturated rings. The van der Waals surface area contributed by atoms with Gasteiger partial charge in [0.15, 0.2) is 0 Å². The molecule has 0 radical (unpaired) electrons. The van der Waals surface area contributed by atoms with Crippen LogP contribution in [-0.4, -0.2) is 62.3 Å². The highest BCUT2D eigenvalue weighted by molar-refractivity contribution is 7.89. The molecule has 156 valence electrons. The van der Waals surface area contributed by atoms with Crippen molar-refractivity contribution in [1.82, 2.24) is 9.21 Å². The van der Waals surface area contributed by atoms with Crippen molar-refractivity contribution in [2.75, 3.05) is 37.6 Å². The molecular weight excluding hydrogens is 413 g/mol. The predicted molar refractivity (Wildman–Crippen MR) is 111 cm³/mol. The molecule has 1 aromatic carbocycles. The zero-order valence-corrected chi connectivity index (χ0v) is 18.1. The summed E-state index contributed by atoms with van der Waals surface area (Å²) in [7, 11) is -3.52. The monoisotopic (exact) mass is 437 g/mol. The molecule has 2 aliphatic heterocycles. The number of hydrogen-bond acceptors (Lipinski definition) is 5. The number of sulfonamides is 1. The van der Waals surface area contributed by atoms with Gasteiger partial charge in [0.2, 0.25) is 15.9 Å². The number of carbonyl (C=O) groups excluding carboxylic acids is 1. The third-order valence-corrected chi connectivity index (χ3v) is 8.77. The smallest absolute Gasteiger partial charge is 0.244 e. The van der Waals surface area contributed by atoms with Crippen LogP contribution >= 0.6 is 11.3 Å². The quantitative estimate of drug-likeness (QED) is 0.738. The minimum absolute atomic E-state index is 0.115. The molecule has 3 heterocycles. The molecule has 2 aromatic rings. The highest BCUT2D eigenvalue weighted by Gasteiger charge is 2.40. The van der Waals surface area contributed by atoms with E-state index in [1.807, 2.05) is 18.7 Å². The average molecular weight is 438 g/mol. The number of rotatable bonds is 4. The second-order valence-corrected chi connectivity index (χ2v) is 10.8. The Hall–Kier alpha value is -1.81. The van der Waals surface area contributed by atoms with Crippen molar-refractivity contribution in [1.29, 1.82) is 0 Å². The SMILES string of the molecule is Cc1cc(S(=O)(=O)N2CCN(C3CCN(c4ccccc4F)C3=O)CC2)c(C)s1. The number of piperazine rings is 1. The Bertz CT molecular complexity index is 1030. The number of aryl methyl sites for hydroxylation is 2. The minimum Gasteiger partial charge on any atom is -0.308 e. The van der Waals surface area contributed by atoms with Crippen LogP contribution in [0.15, 0.2) is 35.2 Å². The number of anilines is 1. The molecule has 2 aliphatic rings. The Morgan fingerprint density at radius 2 is 1.76 bits per heavy atom. The van der Waals surface area contributed by atoms with Gasteiger partial charge >= 0.3 is 0 Å². The van der Waals surface area contributed by atoms with Gasteiger partial charge in [-0.2, -0.15) is 4.31 Å². The van der Waals surface area contributed by atoms with Crippen molar-refractivity contribution >= 4 is 33.0 Å². The van der Waals surface area contributed by atoms with Gasteiger partial charge in [0.05, 0.1) is 16.6 Å². The lowest BCUT2D eigenvalue weighted by atomic mass is 10.2. The van der Waals surface area contributed by atoms with Gasteiger partial charge in [0.25, 0.3) is 0 Å². The zero-order chi connectivity index (χ0) is 20.8. The molecule has 0 N–H and O–H groups in total. The summed E-state index contributed by atoms with van der Waals surface area (Å²) >= 11 is 1.48. The molecule has 6 nitrogen and oxygen atoms in total. The normalized spacial score (nSPS) is 21.8. The van der Waals surface area contributed by atoms with Gasteiger partial charge in [-0.05, 0) is 38.5 Å². The number of nitrogens with zero attached hydrogens (tertiary/aromatic N) is 3. The van der Waals surface area contributed by atoms with Crippen molar-refractivity contribution in [3.05, 3.63) is 45.9 Å². The van der Waals surface area contributed by atoms with Crippen molar-refractivity contribution in [3.63, 3.8) is 0 Å². The molecule has 4 rings (SSSR count). The molecule has 9 heteroatoms. The molecule has 0 bridgehead atoms. The largest absolute Gasteiger partial charge is 0.308 e. The second-order valence-electron chi connectivity index (χ2n) is 7.46. The summed E-state index contributed by atoms with van der Waals surface area (Å²) in [5, 5.41) is 0. The van der Waals surface area contributed by atoms with Crippen molar-refractivity contribution in [2.24, 2.45) is 0 Å². The summed E-state index contributed by atoms with van der Waals surface area (Å²) in [5.74, 6) is -0.519. The lowest BCUT2D eigenvalue weighted by Crippen LogP contribution is -2.53. The maximum atomic E-state index is 14.1. The van der Waals surface area contributed by atoms with Crippen LogP contribution in [0.5, 0.6) is 0 Å². The maximum Gasteiger partial charge on any atom is 0.244 e. The molecule has 1 aromatic heterocycles. The van der Waals surface area contributed by atoms with Gasteiger partial charge in [-0.3, -0.25) is 9.69 Å². The molecule has 0 spiro atoms. The highest BCUT2D eigenvalue weighted by atomic mass is 32.2. The standard InChI is InChI=1S/C20H24FN3O3S2/c1-14-13-19(15(2)28-14)29(26,27)23-11-9-22(10-12-23)18-7-8-24(20(18)25)17-6-4-3-5-16(17)21/h3-6,13,18H,7-12H2,1-2H3. The number of amides is 1. The van der Waals surface area contributed by atoms with E-state index in [1.165, 1.54) is 26.6 Å². The number of halogens is 1. The van der Waals surface area contributed by atoms with E-state index in [0.29, 0.717) is 49.7 Å². The minimum atomic E-state index is -3.52. The summed E-state index contributed by atoms with van der Waals surface area (Å²) in [6, 6.07) is 7.70. The van der Waals surface area contributed by atoms with Crippen molar-refractivity contribution < 1.29 is 17.6 Å². The van der Waals surface area contributed by atoms with Gasteiger partial charge in [-0.1, -0.05) is 12.1 Å². The lowest BCUT2D eigenvalue weighted by Gasteiger charge is -2.36. The Kier molecular flexibility index (Phi) is 5.50. The van der Waals surface area contributed by atoms with E-state index in [-0.39, 0.29) is 11.9 Å². The Morgan fingerprint density at radius 3 is 2.38 bits per heavy atom. The zero-order valence-electron chi connectivity index (χ0n) is 16.5. The van der Waals surface area contributed by atoms with Gasteiger partial charge < -0.3 is 4.90 Å². The fraction of sp³-hybridized carbons (Fsp3) is 0.450. The van der Waals surface area contributed by atoms with Crippen molar-refractivity contribution in [3.8, 4) is 0 Å². The van der Waals surface area contributed by atoms with E-state index < -0.39 is 15.8 Å². The average Bonchev–Trinajstić information content (AvgIpc) is 3.24. The maximum absolute atomic E-state index is 14.1. The van der Waals surface area contributed by atoms with E-state index >= 15 is 0 Å². The third-order valence-electron chi connectivity index (χ3n) is 5.65. The highest BCUT2D eigenvalue weighted by Crippen LogP contribution is 2.30. The first-order valence-electron chi connectivity index (χ1n) is 9.66. The molecule has 29 heavy (non-hydrogen) atoms. The fourth-order valence-corrected chi connectivity index (χ4v) is 7.12. The van der Waals surface area contributed by atoms with Crippen molar-refractivity contribution in [2.45, 2.75) is 31.2 Å². The van der Waals surface area contributed by atoms with Crippen LogP contribution in [0.2, 0.25) is 0 Å². The Morgan fingerprint density at radius 1 is 1.07 bits per heavy atom. The van der Waals surface area contributed by atoms with Crippen LogP contribution in [0.1, 0.15) is 16.2 Å². The fourth-order valence-electron chi connectivity index (χ4n) is 4.17. The Labute approximate surface area is 174 Å². The second kappa shape index (κ2) is 7.79. The first-order valence-corrected chi connectivity index (χ1v) is 11.9. The van der Waals surface area contributed by atoms with E-state index in [1.54, 1.807) is 24.3 Å². The first kappa shape index (κ1) is 20.5. The van der Waals surface area contributed by atoms with Crippen LogP contribution in [-0.2, 0) is 14.8 Å². The summed E-state index contributed by atoms with van der Waals surface area (Å²) in [5.41, 5.74) is 0.310. The molecule has 0 saturated carbocycles. The summed E-state index contributed by atoms with van der Waals surface area (Å²) in [4.78, 5) is 18.6. The van der Waals surface area contributed by atoms with Crippen LogP contribution in [0.3, 0.4) is 0 Å². The van der Waals surface area contributed by atoms with Crippen LogP contribution in [0, 0.1) is 19.7 Å². The summed E-state index contributed by atoms with van der Waals surface area (Å²) in [6.45, 7) is 5.87. The van der Waals surface area contributed by atoms with Crippen LogP contribution < -0.4 is 4.90 Å². The molecule has 0 aliphatic carbocycles. The molecular formula is C20H24FN3O3S2. The molecule has 1 atom stereocenters. The van der Waals surface area contributed by atoms with E-state index in [4.69, 9.17) is 0 Å².